The standard InChI is InChI=1S/C29H20F3N3O3/c30-29(31,32)23-14-6-4-12-20(23)22(28(37)38)18-34-26(19-10-2-1-3-11-19)21-13-5-7-15-24(21)35-27(36)25-16-8-9-17-33-25/h1-18H,(H,35,36)(H,37,38)/b22-18-,34-26?. The zero-order chi connectivity index (χ0) is 27.1. The summed E-state index contributed by atoms with van der Waals surface area (Å²) in [4.78, 5) is 33.3. The number of rotatable bonds is 7. The van der Waals surface area contributed by atoms with E-state index in [0.29, 0.717) is 16.8 Å². The lowest BCUT2D eigenvalue weighted by Gasteiger charge is -2.14. The van der Waals surface area contributed by atoms with Gasteiger partial charge in [0.05, 0.1) is 22.5 Å². The molecule has 6 nitrogen and oxygen atoms in total. The maximum atomic E-state index is 13.6. The molecule has 0 spiro atoms. The number of hydrogen-bond acceptors (Lipinski definition) is 4. The minimum atomic E-state index is -4.76. The summed E-state index contributed by atoms with van der Waals surface area (Å²) in [6.45, 7) is 0. The molecule has 190 valence electrons. The average molecular weight is 515 g/mol. The first-order valence-corrected chi connectivity index (χ1v) is 11.3. The maximum absolute atomic E-state index is 13.6. The molecule has 0 aliphatic rings. The number of alkyl halides is 3. The van der Waals surface area contributed by atoms with Crippen molar-refractivity contribution in [2.45, 2.75) is 6.18 Å². The number of anilines is 1. The number of nitrogens with zero attached hydrogens (tertiary/aromatic N) is 2. The van der Waals surface area contributed by atoms with E-state index in [4.69, 9.17) is 0 Å². The van der Waals surface area contributed by atoms with Gasteiger partial charge in [0, 0.05) is 29.1 Å². The molecule has 0 unspecified atom stereocenters. The highest BCUT2D eigenvalue weighted by atomic mass is 19.4. The van der Waals surface area contributed by atoms with Gasteiger partial charge in [0.25, 0.3) is 5.91 Å². The molecule has 0 bridgehead atoms. The number of halogens is 3. The van der Waals surface area contributed by atoms with E-state index in [1.54, 1.807) is 72.8 Å². The summed E-state index contributed by atoms with van der Waals surface area (Å²) >= 11 is 0. The second-order valence-electron chi connectivity index (χ2n) is 7.95. The molecular weight excluding hydrogens is 495 g/mol. The third-order valence-electron chi connectivity index (χ3n) is 5.45. The third kappa shape index (κ3) is 6.01. The molecule has 0 fully saturated rings. The molecule has 3 aromatic carbocycles. The molecule has 0 atom stereocenters. The monoisotopic (exact) mass is 515 g/mol. The van der Waals surface area contributed by atoms with E-state index in [1.807, 2.05) is 0 Å². The fraction of sp³-hybridized carbons (Fsp3) is 0.0345. The van der Waals surface area contributed by atoms with Crippen LogP contribution in [0.1, 0.15) is 32.7 Å². The van der Waals surface area contributed by atoms with Crippen LogP contribution in [0.3, 0.4) is 0 Å². The molecule has 0 radical (unpaired) electrons. The summed E-state index contributed by atoms with van der Waals surface area (Å²) in [6, 6.07) is 24.7. The molecule has 2 N–H and O–H groups in total. The van der Waals surface area contributed by atoms with Crippen molar-refractivity contribution < 1.29 is 27.9 Å². The van der Waals surface area contributed by atoms with Gasteiger partial charge in [-0.1, -0.05) is 72.8 Å². The van der Waals surface area contributed by atoms with E-state index < -0.39 is 34.8 Å². The first-order chi connectivity index (χ1) is 18.3. The Morgan fingerprint density at radius 3 is 2.11 bits per heavy atom. The van der Waals surface area contributed by atoms with Crippen LogP contribution >= 0.6 is 0 Å². The molecule has 4 aromatic rings. The summed E-state index contributed by atoms with van der Waals surface area (Å²) in [5.41, 5.74) is -0.491. The first-order valence-electron chi connectivity index (χ1n) is 11.3. The van der Waals surface area contributed by atoms with Gasteiger partial charge in [0.2, 0.25) is 0 Å². The number of carbonyl (C=O) groups is 2. The molecule has 0 saturated heterocycles. The minimum absolute atomic E-state index is 0.178. The second-order valence-corrected chi connectivity index (χ2v) is 7.95. The molecule has 38 heavy (non-hydrogen) atoms. The fourth-order valence-corrected chi connectivity index (χ4v) is 3.71. The SMILES string of the molecule is O=C(O)/C(=C\N=C(c1ccccc1)c1ccccc1NC(=O)c1ccccn1)c1ccccc1C(F)(F)F. The van der Waals surface area contributed by atoms with Crippen molar-refractivity contribution in [3.8, 4) is 0 Å². The van der Waals surface area contributed by atoms with E-state index in [9.17, 15) is 27.9 Å². The summed E-state index contributed by atoms with van der Waals surface area (Å²) in [5.74, 6) is -2.05. The van der Waals surface area contributed by atoms with Gasteiger partial charge in [0.1, 0.15) is 5.69 Å². The van der Waals surface area contributed by atoms with Crippen LogP contribution in [0.25, 0.3) is 5.57 Å². The van der Waals surface area contributed by atoms with Crippen LogP contribution in [-0.4, -0.2) is 27.7 Å². The summed E-state index contributed by atoms with van der Waals surface area (Å²) in [7, 11) is 0. The van der Waals surface area contributed by atoms with Crippen molar-refractivity contribution in [2.24, 2.45) is 4.99 Å². The van der Waals surface area contributed by atoms with Gasteiger partial charge in [-0.2, -0.15) is 13.2 Å². The van der Waals surface area contributed by atoms with E-state index in [-0.39, 0.29) is 11.4 Å². The Morgan fingerprint density at radius 2 is 1.45 bits per heavy atom. The number of hydrogen-bond donors (Lipinski definition) is 2. The predicted octanol–water partition coefficient (Wildman–Crippen LogP) is 6.32. The molecule has 0 aliphatic heterocycles. The fourth-order valence-electron chi connectivity index (χ4n) is 3.71. The van der Waals surface area contributed by atoms with Gasteiger partial charge in [-0.05, 0) is 24.3 Å². The molecule has 1 aromatic heterocycles. The van der Waals surface area contributed by atoms with Crippen molar-refractivity contribution in [3.63, 3.8) is 0 Å². The van der Waals surface area contributed by atoms with E-state index in [1.165, 1.54) is 18.3 Å². The summed E-state index contributed by atoms with van der Waals surface area (Å²) < 4.78 is 40.8. The normalized spacial score (nSPS) is 12.2. The van der Waals surface area contributed by atoms with E-state index >= 15 is 0 Å². The molecule has 0 saturated carbocycles. The largest absolute Gasteiger partial charge is 0.478 e. The number of aromatic nitrogens is 1. The Balaban J connectivity index is 1.86. The van der Waals surface area contributed by atoms with Crippen LogP contribution in [0.4, 0.5) is 18.9 Å². The van der Waals surface area contributed by atoms with Gasteiger partial charge in [-0.15, -0.1) is 0 Å². The van der Waals surface area contributed by atoms with E-state index in [0.717, 1.165) is 18.3 Å². The Labute approximate surface area is 215 Å². The lowest BCUT2D eigenvalue weighted by atomic mass is 9.99. The maximum Gasteiger partial charge on any atom is 0.417 e. The van der Waals surface area contributed by atoms with Crippen LogP contribution in [0.15, 0.2) is 114 Å². The quantitative estimate of drug-likeness (QED) is 0.223. The predicted molar refractivity (Wildman–Crippen MR) is 138 cm³/mol. The zero-order valence-corrected chi connectivity index (χ0v) is 19.7. The molecule has 1 heterocycles. The molecular formula is C29H20F3N3O3. The molecule has 4 rings (SSSR count). The number of pyridine rings is 1. The molecule has 9 heteroatoms. The Hall–Kier alpha value is -5.05. The zero-order valence-electron chi connectivity index (χ0n) is 19.7. The van der Waals surface area contributed by atoms with Gasteiger partial charge in [-0.25, -0.2) is 4.79 Å². The minimum Gasteiger partial charge on any atom is -0.478 e. The van der Waals surface area contributed by atoms with Crippen molar-refractivity contribution in [1.82, 2.24) is 4.98 Å². The van der Waals surface area contributed by atoms with Gasteiger partial charge in [-0.3, -0.25) is 14.8 Å². The first kappa shape index (κ1) is 26.0. The number of amides is 1. The number of carboxylic acids is 1. The number of carboxylic acid groups (broad SMARTS) is 1. The van der Waals surface area contributed by atoms with Crippen molar-refractivity contribution in [2.75, 3.05) is 5.32 Å². The van der Waals surface area contributed by atoms with Crippen molar-refractivity contribution in [3.05, 3.63) is 137 Å². The highest BCUT2D eigenvalue weighted by Gasteiger charge is 2.35. The van der Waals surface area contributed by atoms with Crippen LogP contribution in [0.5, 0.6) is 0 Å². The third-order valence-corrected chi connectivity index (χ3v) is 5.45. The van der Waals surface area contributed by atoms with Crippen LogP contribution in [0, 0.1) is 0 Å². The van der Waals surface area contributed by atoms with Gasteiger partial charge < -0.3 is 10.4 Å². The van der Waals surface area contributed by atoms with Crippen LogP contribution in [0.2, 0.25) is 0 Å². The highest BCUT2D eigenvalue weighted by Crippen LogP contribution is 2.35. The van der Waals surface area contributed by atoms with Crippen LogP contribution < -0.4 is 5.32 Å². The van der Waals surface area contributed by atoms with E-state index in [2.05, 4.69) is 15.3 Å². The summed E-state index contributed by atoms with van der Waals surface area (Å²) in [6.07, 6.45) is -2.39. The number of carbonyl (C=O) groups excluding carboxylic acids is 1. The topological polar surface area (TPSA) is 91.6 Å². The lowest BCUT2D eigenvalue weighted by molar-refractivity contribution is -0.137. The summed E-state index contributed by atoms with van der Waals surface area (Å²) in [5, 5.41) is 12.6. The number of nitrogens with one attached hydrogen (secondary N) is 1. The Morgan fingerprint density at radius 1 is 0.816 bits per heavy atom. The number of benzene rings is 3. The Kier molecular flexibility index (Phi) is 7.77. The number of para-hydroxylation sites is 1. The smallest absolute Gasteiger partial charge is 0.417 e. The van der Waals surface area contributed by atoms with Gasteiger partial charge >= 0.3 is 12.1 Å². The molecule has 0 aliphatic carbocycles. The Bertz CT molecular complexity index is 1520. The van der Waals surface area contributed by atoms with Gasteiger partial charge in [0.15, 0.2) is 0 Å². The number of aliphatic carboxylic acids is 1. The average Bonchev–Trinajstić information content (AvgIpc) is 2.92. The molecule has 1 amide bonds. The van der Waals surface area contributed by atoms with Crippen molar-refractivity contribution >= 4 is 28.8 Å². The second kappa shape index (κ2) is 11.3. The lowest BCUT2D eigenvalue weighted by Crippen LogP contribution is -2.16. The van der Waals surface area contributed by atoms with Crippen LogP contribution in [-0.2, 0) is 11.0 Å². The number of aliphatic imine (C=N–C) groups is 1. The highest BCUT2D eigenvalue weighted by molar-refractivity contribution is 6.20. The van der Waals surface area contributed by atoms with Crippen molar-refractivity contribution in [1.29, 1.82) is 0 Å².